The Hall–Kier alpha value is -3.35. The molecule has 7 heteroatoms. The molecule has 4 rings (SSSR count). The van der Waals surface area contributed by atoms with Gasteiger partial charge >= 0.3 is 12.1 Å². The molecule has 0 spiro atoms. The van der Waals surface area contributed by atoms with Gasteiger partial charge in [0.25, 0.3) is 0 Å². The van der Waals surface area contributed by atoms with Crippen LogP contribution in [0.4, 0.5) is 4.79 Å². The molecule has 0 bridgehead atoms. The molecule has 0 N–H and O–H groups in total. The SMILES string of the molecule is CC(C)(C)OC(=O)CN1C(=O)[C@@H](N2C(=O)OC[C@@H]2c2ccccc2)[C@H]1c1ccccc1. The third-order valence-corrected chi connectivity index (χ3v) is 5.43. The van der Waals surface area contributed by atoms with E-state index < -0.39 is 29.7 Å². The number of ether oxygens (including phenoxy) is 2. The number of β-lactam (4-membered cyclic amide) rings is 1. The highest BCUT2D eigenvalue weighted by atomic mass is 16.6. The maximum Gasteiger partial charge on any atom is 0.411 e. The first-order valence-corrected chi connectivity index (χ1v) is 10.3. The summed E-state index contributed by atoms with van der Waals surface area (Å²) in [6.45, 7) is 5.35. The van der Waals surface area contributed by atoms with E-state index in [2.05, 4.69) is 0 Å². The van der Waals surface area contributed by atoms with Crippen molar-refractivity contribution in [3.8, 4) is 0 Å². The van der Waals surface area contributed by atoms with Crippen LogP contribution >= 0.6 is 0 Å². The fourth-order valence-corrected chi connectivity index (χ4v) is 4.17. The molecular weight excluding hydrogens is 396 g/mol. The molecular formula is C24H26N2O5. The summed E-state index contributed by atoms with van der Waals surface area (Å²) in [6.07, 6.45) is -0.523. The van der Waals surface area contributed by atoms with Gasteiger partial charge < -0.3 is 14.4 Å². The van der Waals surface area contributed by atoms with Crippen LogP contribution in [0.1, 0.15) is 44.0 Å². The van der Waals surface area contributed by atoms with E-state index >= 15 is 0 Å². The van der Waals surface area contributed by atoms with Crippen molar-refractivity contribution in [3.63, 3.8) is 0 Å². The molecule has 0 aromatic heterocycles. The van der Waals surface area contributed by atoms with Gasteiger partial charge in [-0.25, -0.2) is 4.79 Å². The first kappa shape index (κ1) is 20.9. The van der Waals surface area contributed by atoms with Gasteiger partial charge in [-0.2, -0.15) is 0 Å². The number of carbonyl (C=O) groups excluding carboxylic acids is 3. The summed E-state index contributed by atoms with van der Waals surface area (Å²) in [5.74, 6) is -0.775. The fourth-order valence-electron chi connectivity index (χ4n) is 4.17. The number of carbonyl (C=O) groups is 3. The third-order valence-electron chi connectivity index (χ3n) is 5.43. The Bertz CT molecular complexity index is 970. The average molecular weight is 422 g/mol. The van der Waals surface area contributed by atoms with E-state index in [1.165, 1.54) is 9.80 Å². The van der Waals surface area contributed by atoms with E-state index in [1.807, 2.05) is 60.7 Å². The number of benzene rings is 2. The van der Waals surface area contributed by atoms with Gasteiger partial charge in [0, 0.05) is 0 Å². The van der Waals surface area contributed by atoms with E-state index in [1.54, 1.807) is 20.8 Å². The minimum Gasteiger partial charge on any atom is -0.459 e. The highest BCUT2D eigenvalue weighted by Crippen LogP contribution is 2.43. The molecule has 0 aliphatic carbocycles. The molecule has 2 saturated heterocycles. The van der Waals surface area contributed by atoms with Gasteiger partial charge in [0.2, 0.25) is 5.91 Å². The first-order chi connectivity index (χ1) is 14.8. The van der Waals surface area contributed by atoms with Gasteiger partial charge in [-0.15, -0.1) is 0 Å². The second-order valence-electron chi connectivity index (χ2n) is 8.76. The number of rotatable bonds is 5. The summed E-state index contributed by atoms with van der Waals surface area (Å²) in [5.41, 5.74) is 1.10. The van der Waals surface area contributed by atoms with Crippen LogP contribution in [0.2, 0.25) is 0 Å². The number of cyclic esters (lactones) is 1. The summed E-state index contributed by atoms with van der Waals surface area (Å²) >= 11 is 0. The molecule has 2 aliphatic heterocycles. The molecule has 2 amide bonds. The van der Waals surface area contributed by atoms with Gasteiger partial charge in [-0.3, -0.25) is 14.5 Å². The van der Waals surface area contributed by atoms with E-state index in [0.29, 0.717) is 0 Å². The van der Waals surface area contributed by atoms with Crippen LogP contribution < -0.4 is 0 Å². The Kier molecular flexibility index (Phi) is 5.43. The molecule has 2 fully saturated rings. The molecule has 0 radical (unpaired) electrons. The lowest BCUT2D eigenvalue weighted by molar-refractivity contribution is -0.171. The zero-order chi connectivity index (χ0) is 22.2. The fraction of sp³-hybridized carbons (Fsp3) is 0.375. The molecule has 31 heavy (non-hydrogen) atoms. The van der Waals surface area contributed by atoms with Crippen LogP contribution in [0.15, 0.2) is 60.7 Å². The molecule has 3 atom stereocenters. The molecule has 162 valence electrons. The lowest BCUT2D eigenvalue weighted by Crippen LogP contribution is -2.67. The largest absolute Gasteiger partial charge is 0.459 e. The number of nitrogens with zero attached hydrogens (tertiary/aromatic N) is 2. The Labute approximate surface area is 181 Å². The standard InChI is InChI=1S/C24H26N2O5/c1-24(2,3)31-19(27)14-25-20(17-12-8-5-9-13-17)21(22(25)28)26-18(15-30-23(26)29)16-10-6-4-7-11-16/h4-13,18,20-21H,14-15H2,1-3H3/t18-,20-,21+/m1/s1. The van der Waals surface area contributed by atoms with E-state index in [0.717, 1.165) is 11.1 Å². The average Bonchev–Trinajstić information content (AvgIpc) is 3.10. The minimum atomic E-state index is -0.745. The van der Waals surface area contributed by atoms with Crippen LogP contribution in [0.3, 0.4) is 0 Å². The topological polar surface area (TPSA) is 76.2 Å². The van der Waals surface area contributed by atoms with Crippen molar-refractivity contribution in [3.05, 3.63) is 71.8 Å². The summed E-state index contributed by atoms with van der Waals surface area (Å²) in [7, 11) is 0. The predicted molar refractivity (Wildman–Crippen MR) is 113 cm³/mol. The predicted octanol–water partition coefficient (Wildman–Crippen LogP) is 3.47. The summed E-state index contributed by atoms with van der Waals surface area (Å²) in [6, 6.07) is 17.4. The quantitative estimate of drug-likeness (QED) is 0.545. The summed E-state index contributed by atoms with van der Waals surface area (Å²) in [4.78, 5) is 41.3. The van der Waals surface area contributed by atoms with Gasteiger partial charge in [0.05, 0.1) is 12.1 Å². The molecule has 2 aromatic carbocycles. The number of amides is 2. The molecule has 2 aliphatic rings. The van der Waals surface area contributed by atoms with Crippen molar-refractivity contribution in [2.75, 3.05) is 13.2 Å². The normalized spacial score (nSPS) is 23.4. The van der Waals surface area contributed by atoms with Crippen LogP contribution in [0.25, 0.3) is 0 Å². The van der Waals surface area contributed by atoms with E-state index in [-0.39, 0.29) is 25.1 Å². The summed E-state index contributed by atoms with van der Waals surface area (Å²) in [5, 5.41) is 0. The monoisotopic (exact) mass is 422 g/mol. The lowest BCUT2D eigenvalue weighted by atomic mass is 9.86. The van der Waals surface area contributed by atoms with Crippen molar-refractivity contribution in [1.82, 2.24) is 9.80 Å². The zero-order valence-corrected chi connectivity index (χ0v) is 17.9. The lowest BCUT2D eigenvalue weighted by Gasteiger charge is -2.50. The maximum absolute atomic E-state index is 13.2. The van der Waals surface area contributed by atoms with Crippen molar-refractivity contribution in [2.24, 2.45) is 0 Å². The molecule has 0 unspecified atom stereocenters. The third kappa shape index (κ3) is 4.13. The molecule has 7 nitrogen and oxygen atoms in total. The van der Waals surface area contributed by atoms with E-state index in [9.17, 15) is 14.4 Å². The Morgan fingerprint density at radius 1 is 0.968 bits per heavy atom. The first-order valence-electron chi connectivity index (χ1n) is 10.3. The van der Waals surface area contributed by atoms with Crippen molar-refractivity contribution >= 4 is 18.0 Å². The molecule has 2 heterocycles. The van der Waals surface area contributed by atoms with Crippen LogP contribution in [-0.4, -0.2) is 52.6 Å². The highest BCUT2D eigenvalue weighted by molar-refractivity contribution is 5.95. The Morgan fingerprint density at radius 3 is 2.13 bits per heavy atom. The van der Waals surface area contributed by atoms with Crippen LogP contribution in [-0.2, 0) is 19.1 Å². The summed E-state index contributed by atoms with van der Waals surface area (Å²) < 4.78 is 10.7. The minimum absolute atomic E-state index is 0.176. The van der Waals surface area contributed by atoms with Gasteiger partial charge in [0.1, 0.15) is 24.8 Å². The Morgan fingerprint density at radius 2 is 1.55 bits per heavy atom. The molecule has 0 saturated carbocycles. The van der Waals surface area contributed by atoms with Crippen LogP contribution in [0.5, 0.6) is 0 Å². The van der Waals surface area contributed by atoms with Crippen molar-refractivity contribution in [1.29, 1.82) is 0 Å². The van der Waals surface area contributed by atoms with Crippen molar-refractivity contribution < 1.29 is 23.9 Å². The van der Waals surface area contributed by atoms with E-state index in [4.69, 9.17) is 9.47 Å². The number of likely N-dealkylation sites (tertiary alicyclic amines) is 1. The van der Waals surface area contributed by atoms with Gasteiger partial charge in [-0.05, 0) is 31.9 Å². The van der Waals surface area contributed by atoms with Gasteiger partial charge in [-0.1, -0.05) is 60.7 Å². The second kappa shape index (κ2) is 8.06. The maximum atomic E-state index is 13.2. The number of hydrogen-bond donors (Lipinski definition) is 0. The molecule has 2 aromatic rings. The smallest absolute Gasteiger partial charge is 0.411 e. The highest BCUT2D eigenvalue weighted by Gasteiger charge is 2.57. The second-order valence-corrected chi connectivity index (χ2v) is 8.76. The van der Waals surface area contributed by atoms with Crippen molar-refractivity contribution in [2.45, 2.75) is 44.5 Å². The van der Waals surface area contributed by atoms with Gasteiger partial charge in [0.15, 0.2) is 0 Å². The van der Waals surface area contributed by atoms with Crippen LogP contribution in [0, 0.1) is 0 Å². The number of hydrogen-bond acceptors (Lipinski definition) is 5. The zero-order valence-electron chi connectivity index (χ0n) is 17.9. The Balaban J connectivity index is 1.64. The number of esters is 1.